The maximum absolute atomic E-state index is 13.1. The van der Waals surface area contributed by atoms with Crippen LogP contribution in [0.1, 0.15) is 17.2 Å². The van der Waals surface area contributed by atoms with Crippen LogP contribution in [-0.2, 0) is 6.42 Å². The Bertz CT molecular complexity index is 604. The van der Waals surface area contributed by atoms with Crippen LogP contribution in [0.2, 0.25) is 5.02 Å². The summed E-state index contributed by atoms with van der Waals surface area (Å²) < 4.78 is 14.3. The summed E-state index contributed by atoms with van der Waals surface area (Å²) in [5.74, 6) is -0.314. The Kier molecular flexibility index (Phi) is 5.01. The molecule has 0 fully saturated rings. The molecule has 0 radical (unpaired) electrons. The van der Waals surface area contributed by atoms with E-state index in [1.807, 2.05) is 0 Å². The first-order valence-electron chi connectivity index (χ1n) is 5.54. The molecule has 1 unspecified atom stereocenters. The van der Waals surface area contributed by atoms with Gasteiger partial charge in [0.1, 0.15) is 5.82 Å². The number of hydrogen-bond acceptors (Lipinski definition) is 1. The lowest BCUT2D eigenvalue weighted by molar-refractivity contribution is 0.177. The van der Waals surface area contributed by atoms with Crippen LogP contribution in [0.15, 0.2) is 45.3 Å². The lowest BCUT2D eigenvalue weighted by atomic mass is 10.0. The van der Waals surface area contributed by atoms with E-state index in [0.29, 0.717) is 15.9 Å². The molecule has 0 aromatic heterocycles. The number of rotatable bonds is 3. The highest BCUT2D eigenvalue weighted by atomic mass is 79.9. The molecule has 0 saturated heterocycles. The third-order valence-electron chi connectivity index (χ3n) is 2.73. The zero-order chi connectivity index (χ0) is 14.0. The molecule has 2 rings (SSSR count). The van der Waals surface area contributed by atoms with E-state index in [1.54, 1.807) is 30.3 Å². The van der Waals surface area contributed by atoms with Crippen molar-refractivity contribution in [2.45, 2.75) is 12.5 Å². The van der Waals surface area contributed by atoms with E-state index >= 15 is 0 Å². The smallest absolute Gasteiger partial charge is 0.137 e. The summed E-state index contributed by atoms with van der Waals surface area (Å²) in [7, 11) is 0. The van der Waals surface area contributed by atoms with Crippen LogP contribution in [0.4, 0.5) is 4.39 Å². The van der Waals surface area contributed by atoms with Gasteiger partial charge in [-0.2, -0.15) is 0 Å². The third kappa shape index (κ3) is 3.78. The molecule has 2 aromatic carbocycles. The van der Waals surface area contributed by atoms with Gasteiger partial charge in [-0.1, -0.05) is 39.7 Å². The van der Waals surface area contributed by atoms with Crippen molar-refractivity contribution in [3.05, 3.63) is 67.3 Å². The fourth-order valence-electron chi connectivity index (χ4n) is 1.77. The summed E-state index contributed by atoms with van der Waals surface area (Å²) in [6, 6.07) is 9.94. The van der Waals surface area contributed by atoms with Crippen LogP contribution in [0.3, 0.4) is 0 Å². The first kappa shape index (κ1) is 15.0. The standard InChI is InChI=1S/C14H10Br2ClFO/c15-11-7-9(17)2-3-10(11)14(19)6-8-1-4-13(18)12(16)5-8/h1-5,7,14,19H,6H2. The van der Waals surface area contributed by atoms with Crippen molar-refractivity contribution in [2.75, 3.05) is 0 Å². The number of aliphatic hydroxyl groups is 1. The second kappa shape index (κ2) is 6.35. The Morgan fingerprint density at radius 2 is 1.84 bits per heavy atom. The molecule has 0 aliphatic carbocycles. The van der Waals surface area contributed by atoms with Crippen LogP contribution in [0.25, 0.3) is 0 Å². The van der Waals surface area contributed by atoms with E-state index in [4.69, 9.17) is 11.6 Å². The first-order valence-corrected chi connectivity index (χ1v) is 7.50. The lowest BCUT2D eigenvalue weighted by Crippen LogP contribution is -2.03. The van der Waals surface area contributed by atoms with Gasteiger partial charge in [-0.25, -0.2) is 4.39 Å². The SMILES string of the molecule is OC(Cc1ccc(F)c(Br)c1)c1ccc(Cl)cc1Br. The summed E-state index contributed by atoms with van der Waals surface area (Å²) in [5.41, 5.74) is 1.60. The molecule has 100 valence electrons. The molecule has 2 aromatic rings. The van der Waals surface area contributed by atoms with Gasteiger partial charge in [0, 0.05) is 15.9 Å². The van der Waals surface area contributed by atoms with Crippen LogP contribution in [-0.4, -0.2) is 5.11 Å². The average Bonchev–Trinajstić information content (AvgIpc) is 2.33. The summed E-state index contributed by atoms with van der Waals surface area (Å²) >= 11 is 12.4. The largest absolute Gasteiger partial charge is 0.388 e. The first-order chi connectivity index (χ1) is 8.97. The van der Waals surface area contributed by atoms with Gasteiger partial charge in [-0.3, -0.25) is 0 Å². The van der Waals surface area contributed by atoms with Gasteiger partial charge in [0.25, 0.3) is 0 Å². The van der Waals surface area contributed by atoms with Crippen LogP contribution < -0.4 is 0 Å². The monoisotopic (exact) mass is 406 g/mol. The van der Waals surface area contributed by atoms with Gasteiger partial charge in [0.05, 0.1) is 10.6 Å². The molecule has 0 bridgehead atoms. The minimum absolute atomic E-state index is 0.314. The van der Waals surface area contributed by atoms with Crippen LogP contribution in [0, 0.1) is 5.82 Å². The number of halogens is 4. The minimum Gasteiger partial charge on any atom is -0.388 e. The Labute approximate surface area is 132 Å². The quantitative estimate of drug-likeness (QED) is 0.733. The van der Waals surface area contributed by atoms with E-state index in [1.165, 1.54) is 6.07 Å². The van der Waals surface area contributed by atoms with Crippen molar-refractivity contribution < 1.29 is 9.50 Å². The molecule has 19 heavy (non-hydrogen) atoms. The minimum atomic E-state index is -0.677. The predicted octanol–water partition coefficient (Wildman–Crippen LogP) is 5.28. The second-order valence-electron chi connectivity index (χ2n) is 4.13. The van der Waals surface area contributed by atoms with E-state index in [2.05, 4.69) is 31.9 Å². The number of benzene rings is 2. The molecule has 5 heteroatoms. The Hall–Kier alpha value is -0.420. The van der Waals surface area contributed by atoms with Crippen LogP contribution >= 0.6 is 43.5 Å². The number of hydrogen-bond donors (Lipinski definition) is 1. The van der Waals surface area contributed by atoms with Gasteiger partial charge >= 0.3 is 0 Å². The number of aliphatic hydroxyl groups excluding tert-OH is 1. The van der Waals surface area contributed by atoms with Gasteiger partial charge in [0.2, 0.25) is 0 Å². The maximum atomic E-state index is 13.1. The normalized spacial score (nSPS) is 12.5. The van der Waals surface area contributed by atoms with Crippen molar-refractivity contribution in [1.29, 1.82) is 0 Å². The molecule has 0 amide bonds. The fourth-order valence-corrected chi connectivity index (χ4v) is 3.14. The molecule has 0 aliphatic rings. The van der Waals surface area contributed by atoms with Crippen molar-refractivity contribution in [3.63, 3.8) is 0 Å². The summed E-state index contributed by atoms with van der Waals surface area (Å²) in [5, 5.41) is 10.8. The predicted molar refractivity (Wildman–Crippen MR) is 81.9 cm³/mol. The maximum Gasteiger partial charge on any atom is 0.137 e. The molecule has 0 aliphatic heterocycles. The Morgan fingerprint density at radius 3 is 2.47 bits per heavy atom. The van der Waals surface area contributed by atoms with Crippen molar-refractivity contribution >= 4 is 43.5 Å². The van der Waals surface area contributed by atoms with E-state index in [9.17, 15) is 9.50 Å². The highest BCUT2D eigenvalue weighted by Gasteiger charge is 2.13. The molecule has 1 N–H and O–H groups in total. The molecular weight excluding hydrogens is 398 g/mol. The van der Waals surface area contributed by atoms with Gasteiger partial charge in [0.15, 0.2) is 0 Å². The summed E-state index contributed by atoms with van der Waals surface area (Å²) in [6.45, 7) is 0. The average molecular weight is 408 g/mol. The fraction of sp³-hybridized carbons (Fsp3) is 0.143. The van der Waals surface area contributed by atoms with Crippen molar-refractivity contribution in [1.82, 2.24) is 0 Å². The van der Waals surface area contributed by atoms with Gasteiger partial charge in [-0.15, -0.1) is 0 Å². The lowest BCUT2D eigenvalue weighted by Gasteiger charge is -2.13. The van der Waals surface area contributed by atoms with E-state index in [-0.39, 0.29) is 5.82 Å². The summed E-state index contributed by atoms with van der Waals surface area (Å²) in [4.78, 5) is 0. The van der Waals surface area contributed by atoms with Gasteiger partial charge < -0.3 is 5.11 Å². The van der Waals surface area contributed by atoms with E-state index < -0.39 is 6.10 Å². The molecule has 1 atom stereocenters. The van der Waals surface area contributed by atoms with Crippen LogP contribution in [0.5, 0.6) is 0 Å². The zero-order valence-corrected chi connectivity index (χ0v) is 13.6. The topological polar surface area (TPSA) is 20.2 Å². The molecular formula is C14H10Br2ClFO. The highest BCUT2D eigenvalue weighted by Crippen LogP contribution is 2.29. The molecule has 0 heterocycles. The van der Waals surface area contributed by atoms with Crippen molar-refractivity contribution in [3.8, 4) is 0 Å². The van der Waals surface area contributed by atoms with Crippen molar-refractivity contribution in [2.24, 2.45) is 0 Å². The molecule has 0 saturated carbocycles. The van der Waals surface area contributed by atoms with E-state index in [0.717, 1.165) is 15.6 Å². The molecule has 1 nitrogen and oxygen atoms in total. The Morgan fingerprint density at radius 1 is 1.11 bits per heavy atom. The zero-order valence-electron chi connectivity index (χ0n) is 9.71. The third-order valence-corrected chi connectivity index (χ3v) is 4.26. The van der Waals surface area contributed by atoms with Gasteiger partial charge in [-0.05, 0) is 51.3 Å². The second-order valence-corrected chi connectivity index (χ2v) is 6.28. The summed E-state index contributed by atoms with van der Waals surface area (Å²) in [6.07, 6.45) is -0.275. The Balaban J connectivity index is 2.20. The molecule has 0 spiro atoms. The highest BCUT2D eigenvalue weighted by molar-refractivity contribution is 9.10.